The van der Waals surface area contributed by atoms with Crippen molar-refractivity contribution in [2.24, 2.45) is 11.5 Å². The van der Waals surface area contributed by atoms with Gasteiger partial charge >= 0.3 is 0 Å². The Bertz CT molecular complexity index is 351. The fourth-order valence-electron chi connectivity index (χ4n) is 1.53. The van der Waals surface area contributed by atoms with E-state index >= 15 is 0 Å². The van der Waals surface area contributed by atoms with E-state index in [4.69, 9.17) is 20.9 Å². The van der Waals surface area contributed by atoms with Gasteiger partial charge in [-0.15, -0.1) is 0 Å². The average molecular weight is 224 g/mol. The molecule has 0 heterocycles. The average Bonchev–Trinajstić information content (AvgIpc) is 2.28. The van der Waals surface area contributed by atoms with Gasteiger partial charge in [-0.1, -0.05) is 6.07 Å². The van der Waals surface area contributed by atoms with Crippen molar-refractivity contribution in [1.82, 2.24) is 0 Å². The van der Waals surface area contributed by atoms with Crippen LogP contribution in [0.1, 0.15) is 12.5 Å². The van der Waals surface area contributed by atoms with Gasteiger partial charge in [0.15, 0.2) is 11.5 Å². The minimum atomic E-state index is -0.389. The SMILES string of the molecule is COc1ccc(CC(C)(N)CN)cc1OC. The van der Waals surface area contributed by atoms with Crippen molar-refractivity contribution in [2.45, 2.75) is 18.9 Å². The molecule has 0 amide bonds. The summed E-state index contributed by atoms with van der Waals surface area (Å²) in [6.45, 7) is 2.38. The van der Waals surface area contributed by atoms with Crippen LogP contribution in [0.15, 0.2) is 18.2 Å². The molecule has 0 aliphatic carbocycles. The number of ether oxygens (including phenoxy) is 2. The predicted molar refractivity (Wildman–Crippen MR) is 64.9 cm³/mol. The lowest BCUT2D eigenvalue weighted by molar-refractivity contribution is 0.354. The fourth-order valence-corrected chi connectivity index (χ4v) is 1.53. The summed E-state index contributed by atoms with van der Waals surface area (Å²) in [5.74, 6) is 1.44. The highest BCUT2D eigenvalue weighted by Crippen LogP contribution is 2.28. The van der Waals surface area contributed by atoms with Gasteiger partial charge < -0.3 is 20.9 Å². The van der Waals surface area contributed by atoms with Gasteiger partial charge in [-0.2, -0.15) is 0 Å². The van der Waals surface area contributed by atoms with Crippen LogP contribution in [0.2, 0.25) is 0 Å². The first kappa shape index (κ1) is 12.8. The van der Waals surface area contributed by atoms with Gasteiger partial charge in [-0.05, 0) is 31.0 Å². The molecule has 4 nitrogen and oxygen atoms in total. The van der Waals surface area contributed by atoms with Crippen LogP contribution in [-0.4, -0.2) is 26.3 Å². The zero-order valence-electron chi connectivity index (χ0n) is 10.1. The Hall–Kier alpha value is -1.26. The molecule has 0 saturated heterocycles. The van der Waals surface area contributed by atoms with Crippen LogP contribution < -0.4 is 20.9 Å². The van der Waals surface area contributed by atoms with Crippen LogP contribution in [0.4, 0.5) is 0 Å². The third-order valence-electron chi connectivity index (χ3n) is 2.52. The molecule has 0 spiro atoms. The molecule has 4 N–H and O–H groups in total. The van der Waals surface area contributed by atoms with Gasteiger partial charge in [0.25, 0.3) is 0 Å². The molecule has 0 aliphatic rings. The van der Waals surface area contributed by atoms with E-state index in [0.717, 1.165) is 11.3 Å². The lowest BCUT2D eigenvalue weighted by Gasteiger charge is -2.22. The van der Waals surface area contributed by atoms with Gasteiger partial charge in [-0.25, -0.2) is 0 Å². The molecule has 0 radical (unpaired) electrons. The second kappa shape index (κ2) is 5.18. The Kier molecular flexibility index (Phi) is 4.15. The van der Waals surface area contributed by atoms with E-state index in [1.165, 1.54) is 0 Å². The summed E-state index contributed by atoms with van der Waals surface area (Å²) < 4.78 is 10.4. The second-order valence-corrected chi connectivity index (χ2v) is 4.22. The zero-order chi connectivity index (χ0) is 12.2. The number of hydrogen-bond acceptors (Lipinski definition) is 4. The topological polar surface area (TPSA) is 70.5 Å². The third kappa shape index (κ3) is 3.12. The molecule has 1 aromatic rings. The maximum absolute atomic E-state index is 6.01. The first-order valence-corrected chi connectivity index (χ1v) is 5.22. The first-order valence-electron chi connectivity index (χ1n) is 5.22. The molecule has 1 rings (SSSR count). The number of hydrogen-bond donors (Lipinski definition) is 2. The Morgan fingerprint density at radius 1 is 1.19 bits per heavy atom. The van der Waals surface area contributed by atoms with Crippen molar-refractivity contribution in [3.63, 3.8) is 0 Å². The van der Waals surface area contributed by atoms with Crippen molar-refractivity contribution in [1.29, 1.82) is 0 Å². The molecule has 0 bridgehead atoms. The van der Waals surface area contributed by atoms with Gasteiger partial charge in [0.2, 0.25) is 0 Å². The fraction of sp³-hybridized carbons (Fsp3) is 0.500. The second-order valence-electron chi connectivity index (χ2n) is 4.22. The molecule has 90 valence electrons. The largest absolute Gasteiger partial charge is 0.493 e. The van der Waals surface area contributed by atoms with Crippen LogP contribution in [0, 0.1) is 0 Å². The van der Waals surface area contributed by atoms with Gasteiger partial charge in [0.05, 0.1) is 14.2 Å². The summed E-state index contributed by atoms with van der Waals surface area (Å²) >= 11 is 0. The molecule has 0 fully saturated rings. The molecule has 0 saturated carbocycles. The highest BCUT2D eigenvalue weighted by atomic mass is 16.5. The van der Waals surface area contributed by atoms with Crippen LogP contribution in [0.25, 0.3) is 0 Å². The third-order valence-corrected chi connectivity index (χ3v) is 2.52. The number of nitrogens with two attached hydrogens (primary N) is 2. The molecule has 1 atom stereocenters. The van der Waals surface area contributed by atoms with E-state index in [2.05, 4.69) is 0 Å². The van der Waals surface area contributed by atoms with Crippen molar-refractivity contribution >= 4 is 0 Å². The van der Waals surface area contributed by atoms with E-state index in [-0.39, 0.29) is 5.54 Å². The van der Waals surface area contributed by atoms with Crippen LogP contribution in [0.5, 0.6) is 11.5 Å². The lowest BCUT2D eigenvalue weighted by atomic mass is 9.94. The smallest absolute Gasteiger partial charge is 0.160 e. The molecule has 0 aromatic heterocycles. The Balaban J connectivity index is 2.91. The molecular formula is C12H20N2O2. The zero-order valence-corrected chi connectivity index (χ0v) is 10.1. The van der Waals surface area contributed by atoms with E-state index in [9.17, 15) is 0 Å². The molecule has 16 heavy (non-hydrogen) atoms. The monoisotopic (exact) mass is 224 g/mol. The summed E-state index contributed by atoms with van der Waals surface area (Å²) in [6.07, 6.45) is 0.712. The maximum atomic E-state index is 6.01. The summed E-state index contributed by atoms with van der Waals surface area (Å²) in [5, 5.41) is 0. The van der Waals surface area contributed by atoms with Crippen LogP contribution in [-0.2, 0) is 6.42 Å². The molecule has 1 aromatic carbocycles. The lowest BCUT2D eigenvalue weighted by Crippen LogP contribution is -2.45. The van der Waals surface area contributed by atoms with Crippen molar-refractivity contribution < 1.29 is 9.47 Å². The molecule has 4 heteroatoms. The normalized spacial score (nSPS) is 14.3. The van der Waals surface area contributed by atoms with Gasteiger partial charge in [-0.3, -0.25) is 0 Å². The van der Waals surface area contributed by atoms with E-state index in [1.807, 2.05) is 25.1 Å². The molecule has 1 unspecified atom stereocenters. The number of rotatable bonds is 5. The summed E-state index contributed by atoms with van der Waals surface area (Å²) in [7, 11) is 3.23. The predicted octanol–water partition coefficient (Wildman–Crippen LogP) is 0.922. The minimum Gasteiger partial charge on any atom is -0.493 e. The van der Waals surface area contributed by atoms with E-state index in [1.54, 1.807) is 14.2 Å². The summed E-state index contributed by atoms with van der Waals surface area (Å²) in [5.41, 5.74) is 12.3. The van der Waals surface area contributed by atoms with Crippen molar-refractivity contribution in [3.8, 4) is 11.5 Å². The van der Waals surface area contributed by atoms with Crippen LogP contribution in [0.3, 0.4) is 0 Å². The van der Waals surface area contributed by atoms with Gasteiger partial charge in [0, 0.05) is 12.1 Å². The van der Waals surface area contributed by atoms with Gasteiger partial charge in [0.1, 0.15) is 0 Å². The van der Waals surface area contributed by atoms with Crippen molar-refractivity contribution in [3.05, 3.63) is 23.8 Å². The Labute approximate surface area is 96.5 Å². The quantitative estimate of drug-likeness (QED) is 0.780. The number of benzene rings is 1. The van der Waals surface area contributed by atoms with E-state index < -0.39 is 0 Å². The van der Waals surface area contributed by atoms with E-state index in [0.29, 0.717) is 18.7 Å². The van der Waals surface area contributed by atoms with Crippen LogP contribution >= 0.6 is 0 Å². The maximum Gasteiger partial charge on any atom is 0.160 e. The molecule has 0 aliphatic heterocycles. The molecular weight excluding hydrogens is 204 g/mol. The highest BCUT2D eigenvalue weighted by Gasteiger charge is 2.17. The van der Waals surface area contributed by atoms with Crippen molar-refractivity contribution in [2.75, 3.05) is 20.8 Å². The summed E-state index contributed by atoms with van der Waals surface area (Å²) in [6, 6.07) is 5.78. The number of methoxy groups -OCH3 is 2. The Morgan fingerprint density at radius 2 is 1.81 bits per heavy atom. The first-order chi connectivity index (χ1) is 7.52. The summed E-state index contributed by atoms with van der Waals surface area (Å²) in [4.78, 5) is 0. The highest BCUT2D eigenvalue weighted by molar-refractivity contribution is 5.43. The Morgan fingerprint density at radius 3 is 2.31 bits per heavy atom. The minimum absolute atomic E-state index is 0.389. The standard InChI is InChI=1S/C12H20N2O2/c1-12(14,8-13)7-9-4-5-10(15-2)11(6-9)16-3/h4-6H,7-8,13-14H2,1-3H3.